The molecular formula is C10H16N2O2. The number of carbonyl (C=O) groups is 1. The van der Waals surface area contributed by atoms with Crippen molar-refractivity contribution in [3.63, 3.8) is 0 Å². The molecule has 0 unspecified atom stereocenters. The molecule has 0 rings (SSSR count). The summed E-state index contributed by atoms with van der Waals surface area (Å²) < 4.78 is 5.27. The fraction of sp³-hybridized carbons (Fsp3) is 0.600. The number of nitriles is 1. The smallest absolute Gasteiger partial charge is 0.218 e. The Morgan fingerprint density at radius 3 is 2.79 bits per heavy atom. The molecule has 0 saturated carbocycles. The number of rotatable bonds is 6. The number of carbonyl (C=O) groups excluding carboxylic acids is 1. The van der Waals surface area contributed by atoms with Crippen LogP contribution in [-0.4, -0.2) is 18.7 Å². The van der Waals surface area contributed by atoms with E-state index in [9.17, 15) is 4.79 Å². The Balaban J connectivity index is 4.28. The van der Waals surface area contributed by atoms with E-state index >= 15 is 0 Å². The molecule has 14 heavy (non-hydrogen) atoms. The van der Waals surface area contributed by atoms with E-state index in [1.54, 1.807) is 6.08 Å². The van der Waals surface area contributed by atoms with Crippen LogP contribution in [0.1, 0.15) is 20.3 Å². The lowest BCUT2D eigenvalue weighted by atomic mass is 10.1. The molecule has 0 aliphatic heterocycles. The lowest BCUT2D eigenvalue weighted by Crippen LogP contribution is -2.40. The highest BCUT2D eigenvalue weighted by molar-refractivity contribution is 5.73. The number of amides is 1. The summed E-state index contributed by atoms with van der Waals surface area (Å²) in [6.45, 7) is 7.10. The fourth-order valence-electron chi connectivity index (χ4n) is 1.00. The van der Waals surface area contributed by atoms with Gasteiger partial charge in [-0.2, -0.15) is 5.26 Å². The Labute approximate surface area is 84.6 Å². The molecule has 0 aromatic rings. The van der Waals surface area contributed by atoms with Crippen molar-refractivity contribution in [1.82, 2.24) is 5.32 Å². The Morgan fingerprint density at radius 2 is 2.43 bits per heavy atom. The highest BCUT2D eigenvalue weighted by Gasteiger charge is 2.20. The molecule has 4 heteroatoms. The van der Waals surface area contributed by atoms with Gasteiger partial charge < -0.3 is 10.1 Å². The average molecular weight is 196 g/mol. The lowest BCUT2D eigenvalue weighted by Gasteiger charge is -2.21. The van der Waals surface area contributed by atoms with E-state index in [-0.39, 0.29) is 11.8 Å². The van der Waals surface area contributed by atoms with Gasteiger partial charge in [-0.25, -0.2) is 0 Å². The quantitative estimate of drug-likeness (QED) is 0.513. The minimum absolute atomic E-state index is 0.201. The summed E-state index contributed by atoms with van der Waals surface area (Å²) in [5, 5.41) is 11.4. The summed E-state index contributed by atoms with van der Waals surface area (Å²) in [6.07, 6.45) is 1.68. The molecular weight excluding hydrogens is 180 g/mol. The molecule has 4 nitrogen and oxygen atoms in total. The van der Waals surface area contributed by atoms with Gasteiger partial charge in [0.25, 0.3) is 0 Å². The van der Waals surface area contributed by atoms with Crippen molar-refractivity contribution in [1.29, 1.82) is 5.26 Å². The van der Waals surface area contributed by atoms with Crippen molar-refractivity contribution in [2.45, 2.75) is 26.5 Å². The van der Waals surface area contributed by atoms with Crippen LogP contribution >= 0.6 is 0 Å². The van der Waals surface area contributed by atoms with Crippen LogP contribution in [0.4, 0.5) is 0 Å². The second-order valence-electron chi connectivity index (χ2n) is 2.89. The summed E-state index contributed by atoms with van der Waals surface area (Å²) in [5.41, 5.74) is 0. The van der Waals surface area contributed by atoms with Crippen LogP contribution in [0, 0.1) is 17.2 Å². The highest BCUT2D eigenvalue weighted by atomic mass is 16.5. The standard InChI is InChI=1S/C10H16N2O2/c1-4-6-14-10(12-8(3)13)9(5-2)7-11/h4,9-10H,1,5-6H2,2-3H3,(H,12,13)/t9-,10-/m0/s1. The van der Waals surface area contributed by atoms with E-state index in [2.05, 4.69) is 18.0 Å². The normalized spacial score (nSPS) is 13.8. The van der Waals surface area contributed by atoms with Crippen LogP contribution in [0.15, 0.2) is 12.7 Å². The molecule has 0 saturated heterocycles. The van der Waals surface area contributed by atoms with Gasteiger partial charge in [-0.05, 0) is 6.42 Å². The SMILES string of the molecule is C=CCO[C@H](NC(C)=O)[C@H](C#N)CC. The summed E-state index contributed by atoms with van der Waals surface area (Å²) in [5.74, 6) is -0.522. The van der Waals surface area contributed by atoms with Crippen molar-refractivity contribution in [3.05, 3.63) is 12.7 Å². The zero-order valence-electron chi connectivity index (χ0n) is 8.62. The maximum atomic E-state index is 10.8. The molecule has 0 fully saturated rings. The third-order valence-corrected chi connectivity index (χ3v) is 1.71. The van der Waals surface area contributed by atoms with Crippen LogP contribution in [-0.2, 0) is 9.53 Å². The molecule has 0 spiro atoms. The van der Waals surface area contributed by atoms with Gasteiger partial charge in [0.1, 0.15) is 6.23 Å². The van der Waals surface area contributed by atoms with E-state index in [1.165, 1.54) is 6.92 Å². The number of nitrogens with zero attached hydrogens (tertiary/aromatic N) is 1. The number of nitrogens with one attached hydrogen (secondary N) is 1. The first kappa shape index (κ1) is 12.7. The lowest BCUT2D eigenvalue weighted by molar-refractivity contribution is -0.124. The number of hydrogen-bond acceptors (Lipinski definition) is 3. The minimum atomic E-state index is -0.541. The van der Waals surface area contributed by atoms with E-state index in [1.807, 2.05) is 6.92 Å². The number of hydrogen-bond donors (Lipinski definition) is 1. The fourth-order valence-corrected chi connectivity index (χ4v) is 1.00. The molecule has 0 radical (unpaired) electrons. The molecule has 0 aliphatic carbocycles. The van der Waals surface area contributed by atoms with E-state index < -0.39 is 6.23 Å². The van der Waals surface area contributed by atoms with Gasteiger partial charge in [0.2, 0.25) is 5.91 Å². The van der Waals surface area contributed by atoms with Crippen LogP contribution in [0.5, 0.6) is 0 Å². The Kier molecular flexibility index (Phi) is 6.42. The molecule has 0 aliphatic rings. The average Bonchev–Trinajstić information content (AvgIpc) is 2.15. The van der Waals surface area contributed by atoms with Gasteiger partial charge in [0.05, 0.1) is 18.6 Å². The predicted octanol–water partition coefficient (Wildman–Crippen LogP) is 1.20. The van der Waals surface area contributed by atoms with Crippen LogP contribution in [0.3, 0.4) is 0 Å². The number of ether oxygens (including phenoxy) is 1. The Morgan fingerprint density at radius 1 is 1.79 bits per heavy atom. The van der Waals surface area contributed by atoms with E-state index in [0.29, 0.717) is 13.0 Å². The molecule has 0 bridgehead atoms. The molecule has 1 N–H and O–H groups in total. The molecule has 0 aromatic carbocycles. The zero-order chi connectivity index (χ0) is 11.0. The maximum Gasteiger partial charge on any atom is 0.218 e. The summed E-state index contributed by atoms with van der Waals surface area (Å²) >= 11 is 0. The second kappa shape index (κ2) is 7.10. The van der Waals surface area contributed by atoms with Crippen LogP contribution < -0.4 is 5.32 Å². The second-order valence-corrected chi connectivity index (χ2v) is 2.89. The largest absolute Gasteiger partial charge is 0.353 e. The summed E-state index contributed by atoms with van der Waals surface area (Å²) in [7, 11) is 0. The first-order chi connectivity index (χ1) is 6.65. The van der Waals surface area contributed by atoms with Gasteiger partial charge in [-0.1, -0.05) is 13.0 Å². The molecule has 0 heterocycles. The van der Waals surface area contributed by atoms with Crippen molar-refractivity contribution in [3.8, 4) is 6.07 Å². The van der Waals surface area contributed by atoms with Crippen molar-refractivity contribution in [2.24, 2.45) is 5.92 Å². The molecule has 78 valence electrons. The molecule has 1 amide bonds. The predicted molar refractivity (Wildman–Crippen MR) is 53.1 cm³/mol. The zero-order valence-corrected chi connectivity index (χ0v) is 8.62. The molecule has 2 atom stereocenters. The van der Waals surface area contributed by atoms with Crippen LogP contribution in [0.25, 0.3) is 0 Å². The first-order valence-corrected chi connectivity index (χ1v) is 4.54. The topological polar surface area (TPSA) is 62.1 Å². The van der Waals surface area contributed by atoms with E-state index in [0.717, 1.165) is 0 Å². The minimum Gasteiger partial charge on any atom is -0.353 e. The first-order valence-electron chi connectivity index (χ1n) is 4.54. The van der Waals surface area contributed by atoms with Gasteiger partial charge in [0.15, 0.2) is 0 Å². The third kappa shape index (κ3) is 4.63. The Hall–Kier alpha value is -1.34. The monoisotopic (exact) mass is 196 g/mol. The molecule has 0 aromatic heterocycles. The van der Waals surface area contributed by atoms with Crippen molar-refractivity contribution >= 4 is 5.91 Å². The summed E-state index contributed by atoms with van der Waals surface area (Å²) in [4.78, 5) is 10.8. The highest BCUT2D eigenvalue weighted by Crippen LogP contribution is 2.08. The third-order valence-electron chi connectivity index (χ3n) is 1.71. The van der Waals surface area contributed by atoms with Gasteiger partial charge >= 0.3 is 0 Å². The van der Waals surface area contributed by atoms with E-state index in [4.69, 9.17) is 10.00 Å². The van der Waals surface area contributed by atoms with Gasteiger partial charge in [0, 0.05) is 6.92 Å². The van der Waals surface area contributed by atoms with Gasteiger partial charge in [-0.3, -0.25) is 4.79 Å². The summed E-state index contributed by atoms with van der Waals surface area (Å²) in [6, 6.07) is 2.09. The van der Waals surface area contributed by atoms with Crippen LogP contribution in [0.2, 0.25) is 0 Å². The maximum absolute atomic E-state index is 10.8. The van der Waals surface area contributed by atoms with Crippen molar-refractivity contribution in [2.75, 3.05) is 6.61 Å². The van der Waals surface area contributed by atoms with Gasteiger partial charge in [-0.15, -0.1) is 6.58 Å². The Bertz CT molecular complexity index is 233. The van der Waals surface area contributed by atoms with Crippen molar-refractivity contribution < 1.29 is 9.53 Å².